The van der Waals surface area contributed by atoms with E-state index in [1.807, 2.05) is 26.0 Å². The lowest BCUT2D eigenvalue weighted by Crippen LogP contribution is -2.00. The first-order valence-electron chi connectivity index (χ1n) is 8.28. The number of aryl methyl sites for hydroxylation is 2. The topological polar surface area (TPSA) is 92.3 Å². The fraction of sp³-hybridized carbons (Fsp3) is 0.105. The van der Waals surface area contributed by atoms with Gasteiger partial charge >= 0.3 is 0 Å². The second-order valence-corrected chi connectivity index (χ2v) is 6.95. The normalized spacial score (nSPS) is 10.8. The molecule has 3 heterocycles. The highest BCUT2D eigenvalue weighted by atomic mass is 35.5. The zero-order valence-electron chi connectivity index (χ0n) is 14.9. The molecule has 0 aliphatic carbocycles. The van der Waals surface area contributed by atoms with Crippen LogP contribution < -0.4 is 5.32 Å². The lowest BCUT2D eigenvalue weighted by molar-refractivity contribution is 0.896. The van der Waals surface area contributed by atoms with Gasteiger partial charge in [-0.1, -0.05) is 23.2 Å². The molecule has 138 valence electrons. The summed E-state index contributed by atoms with van der Waals surface area (Å²) < 4.78 is 1.58. The molecule has 4 rings (SSSR count). The van der Waals surface area contributed by atoms with Gasteiger partial charge in [-0.05, 0) is 32.0 Å². The molecule has 1 aromatic carbocycles. The average Bonchev–Trinajstić information content (AvgIpc) is 3.05. The van der Waals surface area contributed by atoms with Gasteiger partial charge < -0.3 is 5.32 Å². The van der Waals surface area contributed by atoms with Gasteiger partial charge in [-0.25, -0.2) is 19.6 Å². The van der Waals surface area contributed by atoms with E-state index < -0.39 is 0 Å². The van der Waals surface area contributed by atoms with Crippen molar-refractivity contribution in [3.63, 3.8) is 0 Å². The number of nitrogens with one attached hydrogen (secondary N) is 1. The quantitative estimate of drug-likeness (QED) is 0.524. The number of rotatable bonds is 3. The summed E-state index contributed by atoms with van der Waals surface area (Å²) in [6.07, 6.45) is 3.44. The van der Waals surface area contributed by atoms with Crippen LogP contribution in [0.1, 0.15) is 17.1 Å². The Hall–Kier alpha value is -3.21. The number of nitrogens with zero attached hydrogens (tertiary/aromatic N) is 6. The van der Waals surface area contributed by atoms with E-state index in [0.29, 0.717) is 44.3 Å². The Labute approximate surface area is 170 Å². The minimum absolute atomic E-state index is 0.335. The Morgan fingerprint density at radius 2 is 1.86 bits per heavy atom. The van der Waals surface area contributed by atoms with Crippen LogP contribution in [0, 0.1) is 25.2 Å². The van der Waals surface area contributed by atoms with E-state index in [2.05, 4.69) is 25.4 Å². The lowest BCUT2D eigenvalue weighted by atomic mass is 10.2. The van der Waals surface area contributed by atoms with E-state index in [9.17, 15) is 0 Å². The van der Waals surface area contributed by atoms with Gasteiger partial charge in [0.15, 0.2) is 0 Å². The van der Waals surface area contributed by atoms with Crippen molar-refractivity contribution in [3.05, 3.63) is 63.8 Å². The van der Waals surface area contributed by atoms with Crippen LogP contribution in [-0.2, 0) is 0 Å². The van der Waals surface area contributed by atoms with E-state index in [1.165, 1.54) is 0 Å². The van der Waals surface area contributed by atoms with E-state index in [0.717, 1.165) is 11.1 Å². The minimum atomic E-state index is 0.335. The number of fused-ring (bicyclic) bond motifs is 1. The Kier molecular flexibility index (Phi) is 4.59. The molecule has 0 amide bonds. The number of benzene rings is 1. The first-order chi connectivity index (χ1) is 13.4. The molecule has 0 saturated carbocycles. The third-order valence-electron chi connectivity index (χ3n) is 4.02. The molecule has 9 heteroatoms. The second-order valence-electron chi connectivity index (χ2n) is 6.13. The summed E-state index contributed by atoms with van der Waals surface area (Å²) >= 11 is 12.7. The molecule has 7 nitrogen and oxygen atoms in total. The van der Waals surface area contributed by atoms with Gasteiger partial charge in [-0.3, -0.25) is 0 Å². The summed E-state index contributed by atoms with van der Waals surface area (Å²) in [4.78, 5) is 13.1. The van der Waals surface area contributed by atoms with Gasteiger partial charge in [0, 0.05) is 24.2 Å². The summed E-state index contributed by atoms with van der Waals surface area (Å²) in [6, 6.07) is 8.77. The molecular weight excluding hydrogens is 397 g/mol. The lowest BCUT2D eigenvalue weighted by Gasteiger charge is -2.07. The standard InChI is InChI=1S/C19H13Cl2N7/c1-10-5-17(25-11(2)24-10)26-19-13-9-28(27-16(13)3-4-23-19)18-14(20)6-12(8-22)7-15(18)21/h3-7,9H,1-2H3,(H,23,24,25,26). The molecule has 0 bridgehead atoms. The van der Waals surface area contributed by atoms with Crippen LogP contribution in [0.25, 0.3) is 16.6 Å². The third kappa shape index (κ3) is 3.36. The SMILES string of the molecule is Cc1cc(Nc2nccc3nn(-c4c(Cl)cc(C#N)cc4Cl)cc23)nc(C)n1. The van der Waals surface area contributed by atoms with Gasteiger partial charge in [-0.2, -0.15) is 10.4 Å². The Bertz CT molecular complexity index is 1210. The molecule has 0 aliphatic heterocycles. The average molecular weight is 410 g/mol. The predicted molar refractivity (Wildman–Crippen MR) is 108 cm³/mol. The molecule has 0 saturated heterocycles. The van der Waals surface area contributed by atoms with Crippen molar-refractivity contribution in [1.82, 2.24) is 24.7 Å². The maximum absolute atomic E-state index is 9.06. The fourth-order valence-electron chi connectivity index (χ4n) is 2.91. The molecule has 0 radical (unpaired) electrons. The molecule has 0 aliphatic rings. The number of pyridine rings is 1. The summed E-state index contributed by atoms with van der Waals surface area (Å²) in [5, 5.41) is 18.3. The highest BCUT2D eigenvalue weighted by Crippen LogP contribution is 2.32. The van der Waals surface area contributed by atoms with Gasteiger partial charge in [0.25, 0.3) is 0 Å². The van der Waals surface area contributed by atoms with Crippen LogP contribution in [0.2, 0.25) is 10.0 Å². The van der Waals surface area contributed by atoms with Gasteiger partial charge in [0.2, 0.25) is 0 Å². The van der Waals surface area contributed by atoms with Gasteiger partial charge in [0.05, 0.1) is 32.6 Å². The zero-order valence-corrected chi connectivity index (χ0v) is 16.4. The van der Waals surface area contributed by atoms with E-state index in [1.54, 1.807) is 35.3 Å². The number of aromatic nitrogens is 5. The Morgan fingerprint density at radius 1 is 1.11 bits per heavy atom. The maximum Gasteiger partial charge on any atom is 0.142 e. The molecule has 0 spiro atoms. The first-order valence-corrected chi connectivity index (χ1v) is 9.03. The molecule has 1 N–H and O–H groups in total. The summed E-state index contributed by atoms with van der Waals surface area (Å²) in [6.45, 7) is 3.74. The van der Waals surface area contributed by atoms with Crippen LogP contribution in [0.15, 0.2) is 36.7 Å². The Morgan fingerprint density at radius 3 is 2.54 bits per heavy atom. The maximum atomic E-state index is 9.06. The monoisotopic (exact) mass is 409 g/mol. The van der Waals surface area contributed by atoms with Crippen LogP contribution in [0.3, 0.4) is 0 Å². The molecule has 0 atom stereocenters. The summed E-state index contributed by atoms with van der Waals surface area (Å²) in [7, 11) is 0. The van der Waals surface area contributed by atoms with Crippen molar-refractivity contribution in [3.8, 4) is 11.8 Å². The minimum Gasteiger partial charge on any atom is -0.324 e. The predicted octanol–water partition coefficient (Wildman–Crippen LogP) is 4.75. The van der Waals surface area contributed by atoms with Crippen LogP contribution in [-0.4, -0.2) is 24.7 Å². The molecule has 0 unspecified atom stereocenters. The molecule has 3 aromatic heterocycles. The number of halogens is 2. The number of nitriles is 1. The van der Waals surface area contributed by atoms with E-state index in [-0.39, 0.29) is 0 Å². The van der Waals surface area contributed by atoms with Crippen molar-refractivity contribution in [2.45, 2.75) is 13.8 Å². The number of hydrogen-bond donors (Lipinski definition) is 1. The Balaban J connectivity index is 1.81. The first kappa shape index (κ1) is 18.2. The van der Waals surface area contributed by atoms with Crippen LogP contribution >= 0.6 is 23.2 Å². The molecule has 28 heavy (non-hydrogen) atoms. The van der Waals surface area contributed by atoms with Crippen molar-refractivity contribution in [2.24, 2.45) is 0 Å². The number of anilines is 2. The molecule has 4 aromatic rings. The molecular formula is C19H13Cl2N7. The summed E-state index contributed by atoms with van der Waals surface area (Å²) in [5.41, 5.74) is 2.44. The van der Waals surface area contributed by atoms with Crippen molar-refractivity contribution in [1.29, 1.82) is 5.26 Å². The van der Waals surface area contributed by atoms with Crippen molar-refractivity contribution in [2.75, 3.05) is 5.32 Å². The van der Waals surface area contributed by atoms with E-state index in [4.69, 9.17) is 28.5 Å². The van der Waals surface area contributed by atoms with Gasteiger partial charge in [0.1, 0.15) is 23.1 Å². The molecule has 0 fully saturated rings. The van der Waals surface area contributed by atoms with Crippen molar-refractivity contribution < 1.29 is 0 Å². The fourth-order valence-corrected chi connectivity index (χ4v) is 3.57. The van der Waals surface area contributed by atoms with Crippen LogP contribution in [0.4, 0.5) is 11.6 Å². The van der Waals surface area contributed by atoms with Crippen molar-refractivity contribution >= 4 is 45.7 Å². The highest BCUT2D eigenvalue weighted by molar-refractivity contribution is 6.38. The summed E-state index contributed by atoms with van der Waals surface area (Å²) in [5.74, 6) is 1.91. The smallest absolute Gasteiger partial charge is 0.142 e. The zero-order chi connectivity index (χ0) is 19.8. The largest absolute Gasteiger partial charge is 0.324 e. The second kappa shape index (κ2) is 7.08. The van der Waals surface area contributed by atoms with Gasteiger partial charge in [-0.15, -0.1) is 0 Å². The number of hydrogen-bond acceptors (Lipinski definition) is 6. The van der Waals surface area contributed by atoms with Crippen LogP contribution in [0.5, 0.6) is 0 Å². The van der Waals surface area contributed by atoms with E-state index >= 15 is 0 Å². The third-order valence-corrected chi connectivity index (χ3v) is 4.60. The highest BCUT2D eigenvalue weighted by Gasteiger charge is 2.15.